The molecule has 1 amide bonds. The van der Waals surface area contributed by atoms with Crippen molar-refractivity contribution in [2.75, 3.05) is 17.2 Å². The molecule has 3 nitrogen and oxygen atoms in total. The van der Waals surface area contributed by atoms with Crippen LogP contribution in [0.15, 0.2) is 36.4 Å². The van der Waals surface area contributed by atoms with Gasteiger partial charge in [-0.2, -0.15) is 0 Å². The molecular formula is C15H13Cl3N2O. The van der Waals surface area contributed by atoms with Gasteiger partial charge in [-0.15, -0.1) is 0 Å². The van der Waals surface area contributed by atoms with E-state index in [0.717, 1.165) is 11.3 Å². The Morgan fingerprint density at radius 3 is 2.05 bits per heavy atom. The predicted octanol–water partition coefficient (Wildman–Crippen LogP) is 5.01. The number of rotatable bonds is 4. The number of nitrogens with one attached hydrogen (secondary N) is 2. The second kappa shape index (κ2) is 7.03. The summed E-state index contributed by atoms with van der Waals surface area (Å²) in [4.78, 5) is 12.0. The molecule has 0 saturated heterocycles. The molecule has 2 aromatic rings. The minimum Gasteiger partial charge on any atom is -0.375 e. The Labute approximate surface area is 138 Å². The second-order valence-electron chi connectivity index (χ2n) is 4.43. The van der Waals surface area contributed by atoms with Crippen molar-refractivity contribution in [1.29, 1.82) is 0 Å². The van der Waals surface area contributed by atoms with Gasteiger partial charge in [-0.05, 0) is 30.7 Å². The zero-order chi connectivity index (χ0) is 15.4. The van der Waals surface area contributed by atoms with Gasteiger partial charge in [0.25, 0.3) is 0 Å². The Bertz CT molecular complexity index is 633. The quantitative estimate of drug-likeness (QED) is 0.819. The molecule has 0 aliphatic carbocycles. The molecule has 0 saturated carbocycles. The topological polar surface area (TPSA) is 41.1 Å². The lowest BCUT2D eigenvalue weighted by Crippen LogP contribution is -2.22. The summed E-state index contributed by atoms with van der Waals surface area (Å²) in [6.45, 7) is 1.98. The molecule has 21 heavy (non-hydrogen) atoms. The van der Waals surface area contributed by atoms with E-state index in [1.165, 1.54) is 0 Å². The van der Waals surface area contributed by atoms with E-state index in [1.807, 2.05) is 19.1 Å². The number of aryl methyl sites for hydroxylation is 1. The van der Waals surface area contributed by atoms with Crippen LogP contribution in [0, 0.1) is 6.92 Å². The van der Waals surface area contributed by atoms with Crippen LogP contribution < -0.4 is 10.6 Å². The van der Waals surface area contributed by atoms with Crippen LogP contribution in [0.4, 0.5) is 11.4 Å². The first kappa shape index (κ1) is 16.0. The highest BCUT2D eigenvalue weighted by atomic mass is 35.5. The van der Waals surface area contributed by atoms with Crippen molar-refractivity contribution in [2.45, 2.75) is 6.92 Å². The number of hydrogen-bond acceptors (Lipinski definition) is 2. The zero-order valence-electron chi connectivity index (χ0n) is 11.2. The Balaban J connectivity index is 2.03. The Hall–Kier alpha value is -1.42. The van der Waals surface area contributed by atoms with Gasteiger partial charge in [0.2, 0.25) is 5.91 Å². The van der Waals surface area contributed by atoms with E-state index in [2.05, 4.69) is 10.6 Å². The first-order valence-corrected chi connectivity index (χ1v) is 7.35. The minimum atomic E-state index is -0.260. The van der Waals surface area contributed by atoms with Gasteiger partial charge in [-0.1, -0.05) is 53.0 Å². The molecule has 0 heterocycles. The van der Waals surface area contributed by atoms with Crippen LogP contribution in [-0.2, 0) is 4.79 Å². The predicted molar refractivity (Wildman–Crippen MR) is 89.8 cm³/mol. The van der Waals surface area contributed by atoms with Gasteiger partial charge < -0.3 is 10.6 Å². The summed E-state index contributed by atoms with van der Waals surface area (Å²) < 4.78 is 0. The van der Waals surface area contributed by atoms with Crippen molar-refractivity contribution in [3.05, 3.63) is 57.0 Å². The highest BCUT2D eigenvalue weighted by Gasteiger charge is 2.10. The van der Waals surface area contributed by atoms with Crippen LogP contribution >= 0.6 is 34.8 Å². The first-order chi connectivity index (χ1) is 9.99. The van der Waals surface area contributed by atoms with E-state index in [0.29, 0.717) is 20.8 Å². The monoisotopic (exact) mass is 342 g/mol. The van der Waals surface area contributed by atoms with Gasteiger partial charge in [0, 0.05) is 0 Å². The van der Waals surface area contributed by atoms with Crippen molar-refractivity contribution in [2.24, 2.45) is 0 Å². The molecule has 0 aromatic heterocycles. The Morgan fingerprint density at radius 2 is 1.48 bits per heavy atom. The lowest BCUT2D eigenvalue weighted by atomic mass is 10.2. The number of carbonyl (C=O) groups excluding carboxylic acids is 1. The normalized spacial score (nSPS) is 10.3. The van der Waals surface area contributed by atoms with Crippen LogP contribution in [-0.4, -0.2) is 12.5 Å². The molecule has 0 spiro atoms. The summed E-state index contributed by atoms with van der Waals surface area (Å²) in [6, 6.07) is 10.6. The van der Waals surface area contributed by atoms with Crippen molar-refractivity contribution < 1.29 is 4.79 Å². The number of carbonyl (C=O) groups is 1. The molecule has 6 heteroatoms. The van der Waals surface area contributed by atoms with E-state index >= 15 is 0 Å². The fourth-order valence-electron chi connectivity index (χ4n) is 1.83. The molecule has 2 rings (SSSR count). The smallest absolute Gasteiger partial charge is 0.243 e. The Morgan fingerprint density at radius 1 is 0.952 bits per heavy atom. The molecule has 0 bridgehead atoms. The zero-order valence-corrected chi connectivity index (χ0v) is 13.5. The van der Waals surface area contributed by atoms with Gasteiger partial charge in [-0.3, -0.25) is 4.79 Å². The van der Waals surface area contributed by atoms with E-state index in [-0.39, 0.29) is 12.5 Å². The summed E-state index contributed by atoms with van der Waals surface area (Å²) in [6.07, 6.45) is 0. The maximum absolute atomic E-state index is 12.0. The lowest BCUT2D eigenvalue weighted by molar-refractivity contribution is -0.114. The fourth-order valence-corrected chi connectivity index (χ4v) is 2.61. The molecule has 110 valence electrons. The summed E-state index contributed by atoms with van der Waals surface area (Å²) in [5.41, 5.74) is 2.11. The fraction of sp³-hybridized carbons (Fsp3) is 0.133. The molecule has 0 radical (unpaired) electrons. The standard InChI is InChI=1S/C15H13Cl3N2O/c1-9-4-2-5-10(16)14(9)19-8-13(21)20-15-11(17)6-3-7-12(15)18/h2-7,19H,8H2,1H3,(H,20,21). The van der Waals surface area contributed by atoms with E-state index in [9.17, 15) is 4.79 Å². The molecular weight excluding hydrogens is 331 g/mol. The number of para-hydroxylation sites is 2. The number of anilines is 2. The average molecular weight is 344 g/mol. The van der Waals surface area contributed by atoms with E-state index in [1.54, 1.807) is 24.3 Å². The molecule has 0 aliphatic rings. The van der Waals surface area contributed by atoms with Crippen LogP contribution in [0.5, 0.6) is 0 Å². The first-order valence-electron chi connectivity index (χ1n) is 6.22. The highest BCUT2D eigenvalue weighted by Crippen LogP contribution is 2.30. The van der Waals surface area contributed by atoms with Crippen LogP contribution in [0.25, 0.3) is 0 Å². The summed E-state index contributed by atoms with van der Waals surface area (Å²) >= 11 is 18.1. The van der Waals surface area contributed by atoms with Crippen LogP contribution in [0.3, 0.4) is 0 Å². The number of halogens is 3. The average Bonchev–Trinajstić information content (AvgIpc) is 2.42. The minimum absolute atomic E-state index is 0.0616. The third kappa shape index (κ3) is 4.03. The van der Waals surface area contributed by atoms with Gasteiger partial charge >= 0.3 is 0 Å². The Kier molecular flexibility index (Phi) is 5.34. The van der Waals surface area contributed by atoms with Crippen molar-refractivity contribution in [1.82, 2.24) is 0 Å². The highest BCUT2D eigenvalue weighted by molar-refractivity contribution is 6.39. The molecule has 0 aliphatic heterocycles. The molecule has 2 aromatic carbocycles. The summed E-state index contributed by atoms with van der Waals surface area (Å²) in [7, 11) is 0. The van der Waals surface area contributed by atoms with Gasteiger partial charge in [0.1, 0.15) is 0 Å². The SMILES string of the molecule is Cc1cccc(Cl)c1NCC(=O)Nc1c(Cl)cccc1Cl. The van der Waals surface area contributed by atoms with Crippen molar-refractivity contribution in [3.63, 3.8) is 0 Å². The molecule has 0 unspecified atom stereocenters. The lowest BCUT2D eigenvalue weighted by Gasteiger charge is -2.12. The summed E-state index contributed by atoms with van der Waals surface area (Å²) in [5.74, 6) is -0.260. The van der Waals surface area contributed by atoms with Crippen molar-refractivity contribution in [3.8, 4) is 0 Å². The second-order valence-corrected chi connectivity index (χ2v) is 5.65. The van der Waals surface area contributed by atoms with Crippen molar-refractivity contribution >= 4 is 52.1 Å². The van der Waals surface area contributed by atoms with E-state index < -0.39 is 0 Å². The molecule has 2 N–H and O–H groups in total. The van der Waals surface area contributed by atoms with Gasteiger partial charge in [0.05, 0.1) is 33.0 Å². The third-order valence-electron chi connectivity index (χ3n) is 2.87. The number of amides is 1. The largest absolute Gasteiger partial charge is 0.375 e. The third-order valence-corrected chi connectivity index (χ3v) is 3.82. The van der Waals surface area contributed by atoms with E-state index in [4.69, 9.17) is 34.8 Å². The number of hydrogen-bond donors (Lipinski definition) is 2. The maximum Gasteiger partial charge on any atom is 0.243 e. The van der Waals surface area contributed by atoms with Gasteiger partial charge in [0.15, 0.2) is 0 Å². The maximum atomic E-state index is 12.0. The molecule has 0 fully saturated rings. The summed E-state index contributed by atoms with van der Waals surface area (Å²) in [5, 5.41) is 7.04. The van der Waals surface area contributed by atoms with Crippen LogP contribution in [0.1, 0.15) is 5.56 Å². The molecule has 0 atom stereocenters. The van der Waals surface area contributed by atoms with Crippen LogP contribution in [0.2, 0.25) is 15.1 Å². The number of benzene rings is 2. The van der Waals surface area contributed by atoms with Gasteiger partial charge in [-0.25, -0.2) is 0 Å².